The summed E-state index contributed by atoms with van der Waals surface area (Å²) in [5.74, 6) is -1.20. The predicted molar refractivity (Wildman–Crippen MR) is 120 cm³/mol. The van der Waals surface area contributed by atoms with Crippen molar-refractivity contribution in [3.63, 3.8) is 0 Å². The summed E-state index contributed by atoms with van der Waals surface area (Å²) < 4.78 is 19.4. The summed E-state index contributed by atoms with van der Waals surface area (Å²) in [6.45, 7) is 1.77. The van der Waals surface area contributed by atoms with Crippen LogP contribution in [0.25, 0.3) is 16.5 Å². The van der Waals surface area contributed by atoms with Gasteiger partial charge in [0.1, 0.15) is 10.8 Å². The Morgan fingerprint density at radius 1 is 1.09 bits per heavy atom. The average molecular weight is 452 g/mol. The van der Waals surface area contributed by atoms with Gasteiger partial charge in [-0.1, -0.05) is 18.2 Å². The minimum atomic E-state index is -0.716. The Morgan fingerprint density at radius 2 is 1.81 bits per heavy atom. The third-order valence-corrected chi connectivity index (χ3v) is 5.35. The van der Waals surface area contributed by atoms with E-state index < -0.39 is 23.4 Å². The van der Waals surface area contributed by atoms with Crippen molar-refractivity contribution in [2.24, 2.45) is 0 Å². The number of urea groups is 1. The molecule has 162 valence electrons. The number of carbonyl (C=O) groups excluding carboxylic acids is 2. The van der Waals surface area contributed by atoms with Crippen molar-refractivity contribution in [2.75, 3.05) is 17.2 Å². The SMILES string of the molecule is CCOC(=O)c1nn(-c2ccc(F)cc2)c(=O)c2c(NC(=O)Nc3ccccc3)scc12. The molecule has 32 heavy (non-hydrogen) atoms. The number of esters is 1. The number of hydrogen-bond donors (Lipinski definition) is 2. The second-order valence-electron chi connectivity index (χ2n) is 6.56. The van der Waals surface area contributed by atoms with Gasteiger partial charge in [-0.15, -0.1) is 11.3 Å². The van der Waals surface area contributed by atoms with Crippen molar-refractivity contribution in [1.82, 2.24) is 9.78 Å². The molecule has 2 aromatic heterocycles. The number of nitrogens with one attached hydrogen (secondary N) is 2. The molecule has 2 N–H and O–H groups in total. The molecule has 4 aromatic rings. The normalized spacial score (nSPS) is 10.7. The maximum absolute atomic E-state index is 13.4. The maximum atomic E-state index is 13.4. The van der Waals surface area contributed by atoms with Gasteiger partial charge in [-0.2, -0.15) is 9.78 Å². The molecule has 0 fully saturated rings. The van der Waals surface area contributed by atoms with Crippen LogP contribution >= 0.6 is 11.3 Å². The van der Waals surface area contributed by atoms with E-state index in [1.54, 1.807) is 36.6 Å². The third kappa shape index (κ3) is 4.21. The summed E-state index contributed by atoms with van der Waals surface area (Å²) in [7, 11) is 0. The van der Waals surface area contributed by atoms with Gasteiger partial charge in [-0.3, -0.25) is 10.1 Å². The van der Waals surface area contributed by atoms with Crippen LogP contribution in [-0.2, 0) is 4.74 Å². The van der Waals surface area contributed by atoms with Gasteiger partial charge in [0.2, 0.25) is 0 Å². The molecule has 0 bridgehead atoms. The first kappa shape index (κ1) is 21.2. The fourth-order valence-electron chi connectivity index (χ4n) is 3.04. The molecule has 10 heteroatoms. The first-order chi connectivity index (χ1) is 15.5. The molecule has 0 spiro atoms. The van der Waals surface area contributed by atoms with Gasteiger partial charge in [-0.25, -0.2) is 14.0 Å². The molecule has 0 atom stereocenters. The van der Waals surface area contributed by atoms with Crippen LogP contribution in [0.1, 0.15) is 17.4 Å². The van der Waals surface area contributed by atoms with E-state index in [0.29, 0.717) is 5.69 Å². The van der Waals surface area contributed by atoms with Crippen molar-refractivity contribution >= 4 is 44.8 Å². The molecular formula is C22H17FN4O4S. The van der Waals surface area contributed by atoms with Crippen molar-refractivity contribution in [3.8, 4) is 5.69 Å². The Balaban J connectivity index is 1.81. The third-order valence-electron chi connectivity index (χ3n) is 4.45. The lowest BCUT2D eigenvalue weighted by Gasteiger charge is -2.10. The van der Waals surface area contributed by atoms with Crippen LogP contribution in [0.5, 0.6) is 0 Å². The quantitative estimate of drug-likeness (QED) is 0.437. The van der Waals surface area contributed by atoms with E-state index in [2.05, 4.69) is 15.7 Å². The van der Waals surface area contributed by atoms with Crippen LogP contribution in [0.4, 0.5) is 19.9 Å². The molecule has 0 aliphatic rings. The van der Waals surface area contributed by atoms with Gasteiger partial charge >= 0.3 is 12.0 Å². The zero-order chi connectivity index (χ0) is 22.7. The van der Waals surface area contributed by atoms with E-state index in [4.69, 9.17) is 4.74 Å². The summed E-state index contributed by atoms with van der Waals surface area (Å²) in [6, 6.07) is 13.3. The van der Waals surface area contributed by atoms with Crippen LogP contribution in [0.15, 0.2) is 64.8 Å². The lowest BCUT2D eigenvalue weighted by atomic mass is 10.2. The van der Waals surface area contributed by atoms with Crippen molar-refractivity contribution in [2.45, 2.75) is 6.92 Å². The van der Waals surface area contributed by atoms with Crippen LogP contribution in [-0.4, -0.2) is 28.4 Å². The highest BCUT2D eigenvalue weighted by Gasteiger charge is 2.23. The molecule has 2 heterocycles. The van der Waals surface area contributed by atoms with Gasteiger partial charge in [-0.05, 0) is 43.3 Å². The Morgan fingerprint density at radius 3 is 2.50 bits per heavy atom. The smallest absolute Gasteiger partial charge is 0.359 e. The number of rotatable bonds is 5. The number of para-hydroxylation sites is 1. The van der Waals surface area contributed by atoms with E-state index in [1.807, 2.05) is 6.07 Å². The Bertz CT molecular complexity index is 1350. The Hall–Kier alpha value is -4.05. The zero-order valence-corrected chi connectivity index (χ0v) is 17.6. The number of hydrogen-bond acceptors (Lipinski definition) is 6. The number of thiophene rings is 1. The molecule has 0 aliphatic carbocycles. The molecule has 0 saturated heterocycles. The monoisotopic (exact) mass is 452 g/mol. The number of amides is 2. The molecule has 2 aromatic carbocycles. The van der Waals surface area contributed by atoms with Gasteiger partial charge in [0.05, 0.1) is 17.7 Å². The second kappa shape index (κ2) is 8.98. The first-order valence-electron chi connectivity index (χ1n) is 9.58. The average Bonchev–Trinajstić information content (AvgIpc) is 3.19. The van der Waals surface area contributed by atoms with Crippen molar-refractivity contribution in [3.05, 3.63) is 81.8 Å². The fourth-order valence-corrected chi connectivity index (χ4v) is 3.97. The van der Waals surface area contributed by atoms with Crippen molar-refractivity contribution < 1.29 is 18.7 Å². The van der Waals surface area contributed by atoms with E-state index in [-0.39, 0.29) is 33.8 Å². The minimum Gasteiger partial charge on any atom is -0.461 e. The van der Waals surface area contributed by atoms with E-state index in [1.165, 1.54) is 24.3 Å². The largest absolute Gasteiger partial charge is 0.461 e. The topological polar surface area (TPSA) is 102 Å². The lowest BCUT2D eigenvalue weighted by molar-refractivity contribution is 0.0520. The number of ether oxygens (including phenoxy) is 1. The summed E-state index contributed by atoms with van der Waals surface area (Å²) >= 11 is 1.08. The molecule has 0 unspecified atom stereocenters. The zero-order valence-electron chi connectivity index (χ0n) is 16.8. The number of aromatic nitrogens is 2. The highest BCUT2D eigenvalue weighted by Crippen LogP contribution is 2.30. The Kier molecular flexibility index (Phi) is 5.95. The van der Waals surface area contributed by atoms with Crippen LogP contribution in [0.3, 0.4) is 0 Å². The summed E-state index contributed by atoms with van der Waals surface area (Å²) in [5, 5.41) is 11.6. The van der Waals surface area contributed by atoms with E-state index >= 15 is 0 Å². The minimum absolute atomic E-state index is 0.0847. The predicted octanol–water partition coefficient (Wildman–Crippen LogP) is 4.41. The molecule has 2 amide bonds. The summed E-state index contributed by atoms with van der Waals surface area (Å²) in [5.41, 5.74) is 0.174. The van der Waals surface area contributed by atoms with Crippen molar-refractivity contribution in [1.29, 1.82) is 0 Å². The van der Waals surface area contributed by atoms with Gasteiger partial charge < -0.3 is 10.1 Å². The van der Waals surface area contributed by atoms with E-state index in [0.717, 1.165) is 16.0 Å². The molecule has 8 nitrogen and oxygen atoms in total. The number of anilines is 2. The molecular weight excluding hydrogens is 435 g/mol. The summed E-state index contributed by atoms with van der Waals surface area (Å²) in [6.07, 6.45) is 0. The molecule has 4 rings (SSSR count). The van der Waals surface area contributed by atoms with Gasteiger partial charge in [0.15, 0.2) is 5.69 Å². The first-order valence-corrected chi connectivity index (χ1v) is 10.5. The van der Waals surface area contributed by atoms with Gasteiger partial charge in [0, 0.05) is 16.5 Å². The van der Waals surface area contributed by atoms with Crippen LogP contribution in [0.2, 0.25) is 0 Å². The molecule has 0 aliphatic heterocycles. The number of nitrogens with zero attached hydrogens (tertiary/aromatic N) is 2. The second-order valence-corrected chi connectivity index (χ2v) is 7.44. The van der Waals surface area contributed by atoms with Crippen LogP contribution in [0, 0.1) is 5.82 Å². The van der Waals surface area contributed by atoms with Crippen LogP contribution < -0.4 is 16.2 Å². The molecule has 0 radical (unpaired) electrons. The number of benzene rings is 2. The lowest BCUT2D eigenvalue weighted by Crippen LogP contribution is -2.26. The number of fused-ring (bicyclic) bond motifs is 1. The highest BCUT2D eigenvalue weighted by molar-refractivity contribution is 7.16. The number of halogens is 1. The molecule has 0 saturated carbocycles. The standard InChI is InChI=1S/C22H17FN4O4S/c1-2-31-21(29)18-16-12-32-19(25-22(30)24-14-6-4-3-5-7-14)17(16)20(28)27(26-18)15-10-8-13(23)9-11-15/h3-12H,2H2,1H3,(H2,24,25,30). The highest BCUT2D eigenvalue weighted by atomic mass is 32.1. The Labute approximate surface area is 185 Å². The van der Waals surface area contributed by atoms with Gasteiger partial charge in [0.25, 0.3) is 5.56 Å². The van der Waals surface area contributed by atoms with E-state index in [9.17, 15) is 18.8 Å². The maximum Gasteiger partial charge on any atom is 0.359 e. The number of carbonyl (C=O) groups is 2. The fraction of sp³-hybridized carbons (Fsp3) is 0.0909. The summed E-state index contributed by atoms with van der Waals surface area (Å²) in [4.78, 5) is 38.3.